The molecule has 3 amide bonds. The van der Waals surface area contributed by atoms with Crippen LogP contribution < -0.4 is 5.32 Å². The summed E-state index contributed by atoms with van der Waals surface area (Å²) in [5, 5.41) is 31.0. The number of urea groups is 1. The summed E-state index contributed by atoms with van der Waals surface area (Å²) in [6.07, 6.45) is 0.443. The van der Waals surface area contributed by atoms with Gasteiger partial charge in [-0.25, -0.2) is 14.2 Å². The molecule has 0 fully saturated rings. The van der Waals surface area contributed by atoms with Crippen LogP contribution in [0.4, 0.5) is 14.9 Å². The highest BCUT2D eigenvalue weighted by atomic mass is 19.1. The predicted octanol–water partition coefficient (Wildman–Crippen LogP) is 1.31. The molecule has 0 bridgehead atoms. The molecule has 1 atom stereocenters. The van der Waals surface area contributed by atoms with Crippen molar-refractivity contribution in [1.29, 1.82) is 5.26 Å². The van der Waals surface area contributed by atoms with E-state index >= 15 is 0 Å². The third-order valence-corrected chi connectivity index (χ3v) is 5.38. The number of nitriles is 1. The van der Waals surface area contributed by atoms with Gasteiger partial charge in [0, 0.05) is 30.8 Å². The quantitative estimate of drug-likeness (QED) is 0.750. The number of hydrazone groups is 1. The normalized spacial score (nSPS) is 18.0. The number of aromatic nitrogens is 2. The van der Waals surface area contributed by atoms with E-state index < -0.39 is 11.8 Å². The predicted molar refractivity (Wildman–Crippen MR) is 108 cm³/mol. The smallest absolute Gasteiger partial charge is 0.322 e. The molecule has 0 saturated carbocycles. The Morgan fingerprint density at radius 2 is 2.19 bits per heavy atom. The Balaban J connectivity index is 1.62. The molecule has 3 heterocycles. The van der Waals surface area contributed by atoms with Gasteiger partial charge in [-0.2, -0.15) is 15.5 Å². The van der Waals surface area contributed by atoms with E-state index in [-0.39, 0.29) is 37.2 Å². The molecular formula is C20H20FN7O3. The number of benzene rings is 1. The maximum Gasteiger partial charge on any atom is 0.322 e. The Bertz CT molecular complexity index is 1150. The van der Waals surface area contributed by atoms with Gasteiger partial charge in [0.05, 0.1) is 36.7 Å². The van der Waals surface area contributed by atoms with Gasteiger partial charge in [-0.1, -0.05) is 0 Å². The van der Waals surface area contributed by atoms with E-state index in [2.05, 4.69) is 15.5 Å². The third-order valence-electron chi connectivity index (χ3n) is 5.38. The van der Waals surface area contributed by atoms with Crippen molar-refractivity contribution in [3.8, 4) is 6.07 Å². The van der Waals surface area contributed by atoms with Crippen LogP contribution in [0.25, 0.3) is 0 Å². The first-order valence-corrected chi connectivity index (χ1v) is 9.63. The van der Waals surface area contributed by atoms with Crippen molar-refractivity contribution in [2.24, 2.45) is 5.10 Å². The van der Waals surface area contributed by atoms with Gasteiger partial charge in [0.1, 0.15) is 17.6 Å². The lowest BCUT2D eigenvalue weighted by molar-refractivity contribution is 0.0789. The van der Waals surface area contributed by atoms with Gasteiger partial charge >= 0.3 is 6.03 Å². The summed E-state index contributed by atoms with van der Waals surface area (Å²) in [5.41, 5.74) is 2.23. The summed E-state index contributed by atoms with van der Waals surface area (Å²) in [5.74, 6) is -1.03. The Hall–Kier alpha value is -3.78. The number of nitrogens with zero attached hydrogens (tertiary/aromatic N) is 6. The molecule has 2 aliphatic heterocycles. The Morgan fingerprint density at radius 3 is 2.90 bits per heavy atom. The van der Waals surface area contributed by atoms with Crippen LogP contribution in [-0.4, -0.2) is 62.1 Å². The van der Waals surface area contributed by atoms with Crippen molar-refractivity contribution < 1.29 is 19.1 Å². The number of hydrogen-bond donors (Lipinski definition) is 2. The van der Waals surface area contributed by atoms with Crippen LogP contribution in [0.5, 0.6) is 0 Å². The highest BCUT2D eigenvalue weighted by Crippen LogP contribution is 2.28. The maximum atomic E-state index is 13.6. The van der Waals surface area contributed by atoms with Crippen LogP contribution in [0.2, 0.25) is 0 Å². The second kappa shape index (κ2) is 7.81. The molecule has 0 radical (unpaired) electrons. The first kappa shape index (κ1) is 20.5. The number of rotatable bonds is 2. The number of anilines is 1. The van der Waals surface area contributed by atoms with E-state index in [0.29, 0.717) is 29.1 Å². The van der Waals surface area contributed by atoms with E-state index in [4.69, 9.17) is 5.26 Å². The average Bonchev–Trinajstić information content (AvgIpc) is 3.03. The molecule has 31 heavy (non-hydrogen) atoms. The average molecular weight is 425 g/mol. The van der Waals surface area contributed by atoms with Gasteiger partial charge in [0.2, 0.25) is 0 Å². The molecular weight excluding hydrogens is 405 g/mol. The monoisotopic (exact) mass is 425 g/mol. The van der Waals surface area contributed by atoms with E-state index in [9.17, 15) is 19.1 Å². The molecule has 0 unspecified atom stereocenters. The molecule has 10 nitrogen and oxygen atoms in total. The third kappa shape index (κ3) is 3.62. The zero-order valence-electron chi connectivity index (χ0n) is 17.0. The summed E-state index contributed by atoms with van der Waals surface area (Å²) < 4.78 is 15.1. The number of nitrogens with one attached hydrogen (secondary N) is 1. The second-order valence-electron chi connectivity index (χ2n) is 7.50. The molecule has 2 N–H and O–H groups in total. The van der Waals surface area contributed by atoms with E-state index in [0.717, 1.165) is 16.8 Å². The van der Waals surface area contributed by atoms with Gasteiger partial charge in [-0.15, -0.1) is 0 Å². The minimum atomic E-state index is -0.661. The zero-order chi connectivity index (χ0) is 22.3. The van der Waals surface area contributed by atoms with Crippen molar-refractivity contribution in [3.63, 3.8) is 0 Å². The molecule has 160 valence electrons. The highest BCUT2D eigenvalue weighted by molar-refractivity contribution is 5.98. The molecule has 1 aromatic carbocycles. The van der Waals surface area contributed by atoms with Gasteiger partial charge in [0.15, 0.2) is 0 Å². The Labute approximate surface area is 177 Å². The topological polar surface area (TPSA) is 127 Å². The standard InChI is InChI=1S/C20H20FN7O3/c1-11-5-17-15(18-19(30)26(2)24-14(10-29)8-28(18)25-17)9-27(11)20(31)23-13-3-4-16(21)12(6-13)7-22/h3-4,6,11,29H,5,8-10H2,1-2H3,(H,23,31)/t11-/m1/s1. The molecule has 4 rings (SSSR count). The highest BCUT2D eigenvalue weighted by Gasteiger charge is 2.36. The lowest BCUT2D eigenvalue weighted by Crippen LogP contribution is -2.45. The largest absolute Gasteiger partial charge is 0.390 e. The molecule has 0 aliphatic carbocycles. The fourth-order valence-electron chi connectivity index (χ4n) is 3.80. The van der Waals surface area contributed by atoms with E-state index in [1.54, 1.807) is 11.0 Å². The van der Waals surface area contributed by atoms with E-state index in [1.807, 2.05) is 6.92 Å². The fourth-order valence-corrected chi connectivity index (χ4v) is 3.80. The number of halogens is 1. The molecule has 11 heteroatoms. The minimum Gasteiger partial charge on any atom is -0.390 e. The molecule has 0 saturated heterocycles. The van der Waals surface area contributed by atoms with E-state index in [1.165, 1.54) is 23.9 Å². The van der Waals surface area contributed by atoms with Crippen molar-refractivity contribution in [1.82, 2.24) is 19.7 Å². The second-order valence-corrected chi connectivity index (χ2v) is 7.50. The first-order chi connectivity index (χ1) is 14.8. The van der Waals surface area contributed by atoms with Crippen LogP contribution in [0.3, 0.4) is 0 Å². The van der Waals surface area contributed by atoms with Crippen LogP contribution in [0.1, 0.15) is 34.2 Å². The zero-order valence-corrected chi connectivity index (χ0v) is 17.0. The Morgan fingerprint density at radius 1 is 1.42 bits per heavy atom. The summed E-state index contributed by atoms with van der Waals surface area (Å²) in [6, 6.07) is 4.87. The lowest BCUT2D eigenvalue weighted by Gasteiger charge is -2.33. The lowest BCUT2D eigenvalue weighted by atomic mass is 9.99. The van der Waals surface area contributed by atoms with Crippen LogP contribution >= 0.6 is 0 Å². The Kier molecular flexibility index (Phi) is 5.16. The first-order valence-electron chi connectivity index (χ1n) is 9.63. The number of carbonyl (C=O) groups is 2. The van der Waals surface area contributed by atoms with Crippen molar-refractivity contribution in [2.75, 3.05) is 19.0 Å². The maximum absolute atomic E-state index is 13.6. The van der Waals surface area contributed by atoms with Crippen LogP contribution in [-0.2, 0) is 19.5 Å². The SMILES string of the molecule is C[C@@H]1Cc2nn3c(c2CN1C(=O)Nc1ccc(F)c(C#N)c1)C(=O)N(C)N=C(CO)C3. The molecule has 2 aromatic rings. The summed E-state index contributed by atoms with van der Waals surface area (Å²) >= 11 is 0. The summed E-state index contributed by atoms with van der Waals surface area (Å²) in [4.78, 5) is 27.4. The van der Waals surface area contributed by atoms with Gasteiger partial charge in [-0.3, -0.25) is 9.48 Å². The number of aliphatic hydroxyl groups is 1. The summed E-state index contributed by atoms with van der Waals surface area (Å²) in [6.45, 7) is 1.90. The molecule has 2 aliphatic rings. The molecule has 1 aromatic heterocycles. The number of hydrogen-bond acceptors (Lipinski definition) is 6. The van der Waals surface area contributed by atoms with Gasteiger partial charge in [0.25, 0.3) is 5.91 Å². The number of aliphatic hydroxyl groups excluding tert-OH is 1. The summed E-state index contributed by atoms with van der Waals surface area (Å²) in [7, 11) is 1.50. The minimum absolute atomic E-state index is 0.151. The number of amides is 3. The number of carbonyl (C=O) groups excluding carboxylic acids is 2. The van der Waals surface area contributed by atoms with Crippen molar-refractivity contribution >= 4 is 23.3 Å². The van der Waals surface area contributed by atoms with Crippen LogP contribution in [0, 0.1) is 17.1 Å². The van der Waals surface area contributed by atoms with Crippen molar-refractivity contribution in [2.45, 2.75) is 32.5 Å². The number of fused-ring (bicyclic) bond motifs is 3. The van der Waals surface area contributed by atoms with Gasteiger partial charge < -0.3 is 15.3 Å². The van der Waals surface area contributed by atoms with Gasteiger partial charge in [-0.05, 0) is 25.1 Å². The van der Waals surface area contributed by atoms with Crippen molar-refractivity contribution in [3.05, 3.63) is 46.5 Å². The fraction of sp³-hybridized carbons (Fsp3) is 0.350. The van der Waals surface area contributed by atoms with Crippen LogP contribution in [0.15, 0.2) is 23.3 Å². The molecule has 0 spiro atoms.